The average molecular weight is 576 g/mol. The topological polar surface area (TPSA) is 93.2 Å². The van der Waals surface area contributed by atoms with Crippen molar-refractivity contribution in [1.29, 1.82) is 0 Å². The Morgan fingerprint density at radius 1 is 0.975 bits per heavy atom. The Hall–Kier alpha value is -3.65. The molecule has 40 heavy (non-hydrogen) atoms. The lowest BCUT2D eigenvalue weighted by Gasteiger charge is -2.33. The number of hydrogen-bond acceptors (Lipinski definition) is 9. The number of halogens is 4. The molecule has 0 atom stereocenters. The van der Waals surface area contributed by atoms with Crippen LogP contribution in [0.2, 0.25) is 0 Å². The lowest BCUT2D eigenvalue weighted by molar-refractivity contribution is -0.134. The summed E-state index contributed by atoms with van der Waals surface area (Å²) < 4.78 is 58.9. The van der Waals surface area contributed by atoms with Gasteiger partial charge in [0, 0.05) is 31.1 Å². The van der Waals surface area contributed by atoms with Gasteiger partial charge in [0.25, 0.3) is 0 Å². The molecule has 0 bridgehead atoms. The molecule has 0 radical (unpaired) electrons. The van der Waals surface area contributed by atoms with Crippen molar-refractivity contribution in [2.24, 2.45) is 0 Å². The van der Waals surface area contributed by atoms with Crippen LogP contribution in [0.1, 0.15) is 45.7 Å². The quantitative estimate of drug-likeness (QED) is 0.306. The van der Waals surface area contributed by atoms with Crippen LogP contribution >= 0.6 is 11.3 Å². The maximum absolute atomic E-state index is 13.4. The standard InChI is InChI=1S/C26H25F4N7O2S/c1-16-31-23(33-24(38)37(16)14-19-6-7-20(40-19)26(28,29)30)36-12-10-35(11-13-36)15-21-32-22(34-39-21)25(8-9-25)17-2-4-18(27)5-3-17/h2-7H,8-15H2,1H3. The molecule has 6 rings (SSSR count). The number of aromatic nitrogens is 5. The van der Waals surface area contributed by atoms with Gasteiger partial charge in [0.2, 0.25) is 11.8 Å². The number of rotatable bonds is 7. The van der Waals surface area contributed by atoms with Gasteiger partial charge < -0.3 is 9.42 Å². The summed E-state index contributed by atoms with van der Waals surface area (Å²) in [5.41, 5.74) is 0.113. The molecule has 210 valence electrons. The van der Waals surface area contributed by atoms with Crippen LogP contribution in [0, 0.1) is 12.7 Å². The Labute approximate surface area is 230 Å². The maximum Gasteiger partial charge on any atom is 0.425 e. The van der Waals surface area contributed by atoms with Crippen molar-refractivity contribution >= 4 is 17.3 Å². The number of alkyl halides is 3. The van der Waals surface area contributed by atoms with Crippen LogP contribution in [-0.2, 0) is 24.7 Å². The van der Waals surface area contributed by atoms with Crippen molar-refractivity contribution in [2.45, 2.75) is 44.4 Å². The molecule has 0 N–H and O–H groups in total. The van der Waals surface area contributed by atoms with Gasteiger partial charge in [0.1, 0.15) is 16.5 Å². The van der Waals surface area contributed by atoms with Crippen molar-refractivity contribution in [3.05, 3.63) is 85.6 Å². The zero-order valence-corrected chi connectivity index (χ0v) is 22.3. The number of benzene rings is 1. The number of thiophene rings is 1. The molecule has 1 saturated carbocycles. The molecule has 1 saturated heterocycles. The molecule has 9 nitrogen and oxygen atoms in total. The highest BCUT2D eigenvalue weighted by Crippen LogP contribution is 2.52. The highest BCUT2D eigenvalue weighted by atomic mass is 32.1. The fraction of sp³-hybridized carbons (Fsp3) is 0.423. The van der Waals surface area contributed by atoms with Gasteiger partial charge in [-0.15, -0.1) is 11.3 Å². The Bertz CT molecular complexity index is 1570. The van der Waals surface area contributed by atoms with Crippen LogP contribution in [0.4, 0.5) is 23.5 Å². The van der Waals surface area contributed by atoms with E-state index in [1.807, 2.05) is 4.90 Å². The first-order chi connectivity index (χ1) is 19.1. The average Bonchev–Trinajstić information content (AvgIpc) is 3.33. The van der Waals surface area contributed by atoms with Crippen LogP contribution < -0.4 is 10.6 Å². The van der Waals surface area contributed by atoms with Crippen LogP contribution in [-0.4, -0.2) is 55.8 Å². The van der Waals surface area contributed by atoms with Crippen molar-refractivity contribution in [3.8, 4) is 0 Å². The summed E-state index contributed by atoms with van der Waals surface area (Å²) in [4.78, 5) is 29.7. The van der Waals surface area contributed by atoms with E-state index in [2.05, 4.69) is 25.0 Å². The minimum atomic E-state index is -4.42. The van der Waals surface area contributed by atoms with E-state index >= 15 is 0 Å². The van der Waals surface area contributed by atoms with E-state index in [1.54, 1.807) is 19.1 Å². The zero-order valence-electron chi connectivity index (χ0n) is 21.5. The van der Waals surface area contributed by atoms with Crippen molar-refractivity contribution < 1.29 is 22.1 Å². The summed E-state index contributed by atoms with van der Waals surface area (Å²) in [5, 5.41) is 4.22. The Morgan fingerprint density at radius 3 is 2.33 bits per heavy atom. The molecule has 0 unspecified atom stereocenters. The van der Waals surface area contributed by atoms with Gasteiger partial charge in [-0.3, -0.25) is 9.47 Å². The third kappa shape index (κ3) is 5.24. The van der Waals surface area contributed by atoms with E-state index in [0.717, 1.165) is 24.5 Å². The second kappa shape index (κ2) is 10.1. The summed E-state index contributed by atoms with van der Waals surface area (Å²) >= 11 is 0.604. The lowest BCUT2D eigenvalue weighted by atomic mass is 9.95. The molecule has 0 spiro atoms. The van der Waals surface area contributed by atoms with E-state index in [0.29, 0.717) is 72.4 Å². The molecule has 1 aliphatic heterocycles. The second-order valence-corrected chi connectivity index (χ2v) is 11.2. The van der Waals surface area contributed by atoms with Crippen molar-refractivity contribution in [2.75, 3.05) is 31.1 Å². The summed E-state index contributed by atoms with van der Waals surface area (Å²) in [6.45, 7) is 4.56. The first kappa shape index (κ1) is 26.6. The van der Waals surface area contributed by atoms with Gasteiger partial charge in [-0.2, -0.15) is 28.1 Å². The fourth-order valence-corrected chi connectivity index (χ4v) is 5.82. The minimum absolute atomic E-state index is 0.0198. The number of aryl methyl sites for hydroxylation is 1. The second-order valence-electron chi connectivity index (χ2n) is 10.1. The third-order valence-electron chi connectivity index (χ3n) is 7.39. The molecule has 2 fully saturated rings. The van der Waals surface area contributed by atoms with E-state index < -0.39 is 16.7 Å². The third-order valence-corrected chi connectivity index (χ3v) is 8.51. The molecule has 1 aliphatic carbocycles. The minimum Gasteiger partial charge on any atom is -0.338 e. The number of hydrogen-bond donors (Lipinski definition) is 0. The molecule has 3 aromatic heterocycles. The Kier molecular flexibility index (Phi) is 6.69. The molecular weight excluding hydrogens is 550 g/mol. The van der Waals surface area contributed by atoms with Gasteiger partial charge in [-0.05, 0) is 49.6 Å². The molecular formula is C26H25F4N7O2S. The van der Waals surface area contributed by atoms with E-state index in [1.165, 1.54) is 22.8 Å². The number of anilines is 1. The molecule has 14 heteroatoms. The van der Waals surface area contributed by atoms with Crippen LogP contribution in [0.3, 0.4) is 0 Å². The summed E-state index contributed by atoms with van der Waals surface area (Å²) in [7, 11) is 0. The SMILES string of the molecule is Cc1nc(N2CCN(Cc3nc(C4(c5ccc(F)cc5)CC4)no3)CC2)nc(=O)n1Cc1ccc(C(F)(F)F)s1. The highest BCUT2D eigenvalue weighted by Gasteiger charge is 2.50. The van der Waals surface area contributed by atoms with Gasteiger partial charge in [-0.25, -0.2) is 9.18 Å². The monoisotopic (exact) mass is 575 g/mol. The molecule has 4 heterocycles. The highest BCUT2D eigenvalue weighted by molar-refractivity contribution is 7.12. The largest absolute Gasteiger partial charge is 0.425 e. The predicted octanol–water partition coefficient (Wildman–Crippen LogP) is 4.00. The molecule has 2 aliphatic rings. The summed E-state index contributed by atoms with van der Waals surface area (Å²) in [5.74, 6) is 1.53. The lowest BCUT2D eigenvalue weighted by Crippen LogP contribution is -2.47. The van der Waals surface area contributed by atoms with Gasteiger partial charge in [0.05, 0.1) is 18.5 Å². The van der Waals surface area contributed by atoms with E-state index in [9.17, 15) is 22.4 Å². The van der Waals surface area contributed by atoms with Gasteiger partial charge in [0.15, 0.2) is 5.82 Å². The molecule has 0 amide bonds. The zero-order chi connectivity index (χ0) is 28.1. The first-order valence-electron chi connectivity index (χ1n) is 12.8. The van der Waals surface area contributed by atoms with Gasteiger partial charge >= 0.3 is 11.9 Å². The van der Waals surface area contributed by atoms with Gasteiger partial charge in [-0.1, -0.05) is 17.3 Å². The molecule has 1 aromatic carbocycles. The number of piperazine rings is 1. The summed E-state index contributed by atoms with van der Waals surface area (Å²) in [6.07, 6.45) is -2.65. The van der Waals surface area contributed by atoms with Crippen LogP contribution in [0.15, 0.2) is 45.7 Å². The Morgan fingerprint density at radius 2 is 1.70 bits per heavy atom. The molecule has 4 aromatic rings. The smallest absolute Gasteiger partial charge is 0.338 e. The first-order valence-corrected chi connectivity index (χ1v) is 13.6. The van der Waals surface area contributed by atoms with Crippen molar-refractivity contribution in [3.63, 3.8) is 0 Å². The van der Waals surface area contributed by atoms with E-state index in [-0.39, 0.29) is 17.8 Å². The summed E-state index contributed by atoms with van der Waals surface area (Å²) in [6, 6.07) is 8.81. The normalized spacial score (nSPS) is 17.4. The van der Waals surface area contributed by atoms with Crippen LogP contribution in [0.25, 0.3) is 0 Å². The fourth-order valence-electron chi connectivity index (χ4n) is 4.95. The maximum atomic E-state index is 13.4. The van der Waals surface area contributed by atoms with Crippen LogP contribution in [0.5, 0.6) is 0 Å². The Balaban J connectivity index is 1.07. The van der Waals surface area contributed by atoms with Crippen molar-refractivity contribution in [1.82, 2.24) is 29.6 Å². The number of nitrogens with zero attached hydrogens (tertiary/aromatic N) is 7. The van der Waals surface area contributed by atoms with E-state index in [4.69, 9.17) is 4.52 Å². The predicted molar refractivity (Wildman–Crippen MR) is 138 cm³/mol.